The highest BCUT2D eigenvalue weighted by Crippen LogP contribution is 2.23. The van der Waals surface area contributed by atoms with Crippen molar-refractivity contribution < 1.29 is 0 Å². The van der Waals surface area contributed by atoms with Crippen molar-refractivity contribution in [2.75, 3.05) is 0 Å². The molecular formula is C22H37Br. The van der Waals surface area contributed by atoms with Gasteiger partial charge in [0, 0.05) is 4.47 Å². The van der Waals surface area contributed by atoms with Gasteiger partial charge in [0.15, 0.2) is 0 Å². The molecule has 0 nitrogen and oxygen atoms in total. The monoisotopic (exact) mass is 380 g/mol. The first-order chi connectivity index (χ1) is 11.3. The van der Waals surface area contributed by atoms with Gasteiger partial charge in [0.2, 0.25) is 0 Å². The van der Waals surface area contributed by atoms with E-state index in [0.717, 1.165) is 5.92 Å². The van der Waals surface area contributed by atoms with E-state index in [1.165, 1.54) is 93.5 Å². The Labute approximate surface area is 153 Å². The molecule has 0 aliphatic rings. The maximum absolute atomic E-state index is 3.54. The van der Waals surface area contributed by atoms with Crippen LogP contribution in [0.25, 0.3) is 0 Å². The second-order valence-corrected chi connectivity index (χ2v) is 8.02. The Kier molecular flexibility index (Phi) is 12.7. The molecule has 1 atom stereocenters. The number of unbranched alkanes of at least 4 members (excludes halogenated alkanes) is 8. The van der Waals surface area contributed by atoms with Crippen molar-refractivity contribution in [1.82, 2.24) is 0 Å². The zero-order valence-corrected chi connectivity index (χ0v) is 17.0. The van der Waals surface area contributed by atoms with E-state index in [1.54, 1.807) is 0 Å². The van der Waals surface area contributed by atoms with Gasteiger partial charge in [-0.15, -0.1) is 0 Å². The molecule has 0 aliphatic heterocycles. The van der Waals surface area contributed by atoms with Crippen LogP contribution in [0.4, 0.5) is 0 Å². The molecule has 1 rings (SSSR count). The summed E-state index contributed by atoms with van der Waals surface area (Å²) in [5.41, 5.74) is 1.51. The molecule has 1 aromatic rings. The van der Waals surface area contributed by atoms with Gasteiger partial charge in [0.05, 0.1) is 0 Å². The molecule has 0 amide bonds. The molecule has 0 heterocycles. The quantitative estimate of drug-likeness (QED) is 0.284. The summed E-state index contributed by atoms with van der Waals surface area (Å²) in [7, 11) is 0. The first-order valence-corrected chi connectivity index (χ1v) is 10.8. The first-order valence-electron chi connectivity index (χ1n) is 10.0. The van der Waals surface area contributed by atoms with Crippen molar-refractivity contribution in [3.05, 3.63) is 34.3 Å². The van der Waals surface area contributed by atoms with E-state index < -0.39 is 0 Å². The highest BCUT2D eigenvalue weighted by atomic mass is 79.9. The maximum Gasteiger partial charge on any atom is 0.0175 e. The largest absolute Gasteiger partial charge is 0.0654 e. The van der Waals surface area contributed by atoms with Crippen molar-refractivity contribution in [2.24, 2.45) is 5.92 Å². The predicted molar refractivity (Wildman–Crippen MR) is 108 cm³/mol. The number of hydrogen-bond acceptors (Lipinski definition) is 0. The summed E-state index contributed by atoms with van der Waals surface area (Å²) in [6.45, 7) is 4.60. The van der Waals surface area contributed by atoms with Crippen LogP contribution in [0.3, 0.4) is 0 Å². The van der Waals surface area contributed by atoms with Crippen molar-refractivity contribution in [3.8, 4) is 0 Å². The van der Waals surface area contributed by atoms with Crippen molar-refractivity contribution in [3.63, 3.8) is 0 Å². The molecule has 1 heteroatoms. The summed E-state index contributed by atoms with van der Waals surface area (Å²) in [5.74, 6) is 0.888. The Morgan fingerprint density at radius 3 is 1.74 bits per heavy atom. The molecule has 1 aromatic carbocycles. The fraction of sp³-hybridized carbons (Fsp3) is 0.727. The van der Waals surface area contributed by atoms with E-state index in [1.807, 2.05) is 0 Å². The van der Waals surface area contributed by atoms with Crippen LogP contribution in [0.15, 0.2) is 28.7 Å². The van der Waals surface area contributed by atoms with Gasteiger partial charge < -0.3 is 0 Å². The minimum absolute atomic E-state index is 0.888. The van der Waals surface area contributed by atoms with Crippen LogP contribution in [-0.4, -0.2) is 0 Å². The normalized spacial score (nSPS) is 12.5. The van der Waals surface area contributed by atoms with E-state index in [-0.39, 0.29) is 0 Å². The van der Waals surface area contributed by atoms with Gasteiger partial charge in [-0.1, -0.05) is 119 Å². The fourth-order valence-electron chi connectivity index (χ4n) is 3.38. The molecular weight excluding hydrogens is 344 g/mol. The second kappa shape index (κ2) is 14.1. The molecule has 0 spiro atoms. The van der Waals surface area contributed by atoms with Gasteiger partial charge in [0.1, 0.15) is 0 Å². The Balaban J connectivity index is 2.33. The van der Waals surface area contributed by atoms with Gasteiger partial charge >= 0.3 is 0 Å². The van der Waals surface area contributed by atoms with E-state index in [2.05, 4.69) is 54.0 Å². The zero-order chi connectivity index (χ0) is 16.8. The third-order valence-electron chi connectivity index (χ3n) is 4.87. The predicted octanol–water partition coefficient (Wildman–Crippen LogP) is 8.33. The molecule has 0 saturated heterocycles. The lowest BCUT2D eigenvalue weighted by Gasteiger charge is -2.17. The molecule has 0 radical (unpaired) electrons. The summed E-state index contributed by atoms with van der Waals surface area (Å²) in [6.07, 6.45) is 18.2. The molecule has 0 N–H and O–H groups in total. The van der Waals surface area contributed by atoms with Crippen molar-refractivity contribution >= 4 is 15.9 Å². The van der Waals surface area contributed by atoms with Crippen LogP contribution in [0.5, 0.6) is 0 Å². The van der Waals surface area contributed by atoms with Crippen LogP contribution < -0.4 is 0 Å². The van der Waals surface area contributed by atoms with Gasteiger partial charge in [-0.2, -0.15) is 0 Å². The smallest absolute Gasteiger partial charge is 0.0175 e. The molecule has 0 aliphatic carbocycles. The van der Waals surface area contributed by atoms with Gasteiger partial charge in [-0.25, -0.2) is 0 Å². The molecule has 0 saturated carbocycles. The van der Waals surface area contributed by atoms with Gasteiger partial charge in [-0.3, -0.25) is 0 Å². The summed E-state index contributed by atoms with van der Waals surface area (Å²) < 4.78 is 1.19. The van der Waals surface area contributed by atoms with Crippen LogP contribution in [0.2, 0.25) is 0 Å². The molecule has 1 unspecified atom stereocenters. The zero-order valence-electron chi connectivity index (χ0n) is 15.5. The lowest BCUT2D eigenvalue weighted by atomic mass is 9.89. The van der Waals surface area contributed by atoms with E-state index in [9.17, 15) is 0 Å². The topological polar surface area (TPSA) is 0 Å². The average molecular weight is 381 g/mol. The Morgan fingerprint density at radius 1 is 0.696 bits per heavy atom. The molecule has 0 bridgehead atoms. The molecule has 0 aromatic heterocycles. The standard InChI is InChI=1S/C22H37Br/c1-3-5-7-9-10-12-14-20(13-11-8-6-4-2)19-21-15-17-22(23)18-16-21/h15-18,20H,3-14,19H2,1-2H3. The fourth-order valence-corrected chi connectivity index (χ4v) is 3.64. The minimum Gasteiger partial charge on any atom is -0.0654 e. The van der Waals surface area contributed by atoms with Crippen LogP contribution in [-0.2, 0) is 6.42 Å². The lowest BCUT2D eigenvalue weighted by molar-refractivity contribution is 0.402. The Hall–Kier alpha value is -0.300. The maximum atomic E-state index is 3.54. The van der Waals surface area contributed by atoms with E-state index in [0.29, 0.717) is 0 Å². The number of rotatable bonds is 14. The van der Waals surface area contributed by atoms with Gasteiger partial charge in [0.25, 0.3) is 0 Å². The Morgan fingerprint density at radius 2 is 1.17 bits per heavy atom. The number of hydrogen-bond donors (Lipinski definition) is 0. The van der Waals surface area contributed by atoms with Crippen molar-refractivity contribution in [2.45, 2.75) is 97.3 Å². The van der Waals surface area contributed by atoms with E-state index in [4.69, 9.17) is 0 Å². The molecule has 23 heavy (non-hydrogen) atoms. The lowest BCUT2D eigenvalue weighted by Crippen LogP contribution is -2.05. The van der Waals surface area contributed by atoms with Gasteiger partial charge in [-0.05, 0) is 30.0 Å². The van der Waals surface area contributed by atoms with E-state index >= 15 is 0 Å². The SMILES string of the molecule is CCCCCCCCC(CCCCCC)Cc1ccc(Br)cc1. The van der Waals surface area contributed by atoms with Crippen LogP contribution >= 0.6 is 15.9 Å². The summed E-state index contributed by atoms with van der Waals surface area (Å²) in [6, 6.07) is 8.97. The summed E-state index contributed by atoms with van der Waals surface area (Å²) >= 11 is 3.54. The highest BCUT2D eigenvalue weighted by Gasteiger charge is 2.10. The van der Waals surface area contributed by atoms with Crippen LogP contribution in [0, 0.1) is 5.92 Å². The minimum atomic E-state index is 0.888. The second-order valence-electron chi connectivity index (χ2n) is 7.10. The third-order valence-corrected chi connectivity index (χ3v) is 5.40. The molecule has 0 fully saturated rings. The summed E-state index contributed by atoms with van der Waals surface area (Å²) in [4.78, 5) is 0. The first kappa shape index (κ1) is 20.7. The number of halogens is 1. The summed E-state index contributed by atoms with van der Waals surface area (Å²) in [5, 5.41) is 0. The number of benzene rings is 1. The average Bonchev–Trinajstić information content (AvgIpc) is 2.56. The van der Waals surface area contributed by atoms with Crippen LogP contribution in [0.1, 0.15) is 96.5 Å². The Bertz CT molecular complexity index is 368. The molecule has 132 valence electrons. The van der Waals surface area contributed by atoms with Crippen molar-refractivity contribution in [1.29, 1.82) is 0 Å². The third kappa shape index (κ3) is 11.0. The highest BCUT2D eigenvalue weighted by molar-refractivity contribution is 9.10.